The van der Waals surface area contributed by atoms with Gasteiger partial charge in [0.2, 0.25) is 5.91 Å². The number of hydrogen-bond donors (Lipinski definition) is 1. The molecule has 1 amide bonds. The summed E-state index contributed by atoms with van der Waals surface area (Å²) in [7, 11) is 0. The van der Waals surface area contributed by atoms with Gasteiger partial charge in [-0.3, -0.25) is 4.79 Å². The summed E-state index contributed by atoms with van der Waals surface area (Å²) in [6.45, 7) is 0.869. The van der Waals surface area contributed by atoms with E-state index in [0.29, 0.717) is 5.92 Å². The smallest absolute Gasteiger partial charge is 0.220 e. The molecule has 1 rings (SSSR count). The molecule has 0 aliphatic heterocycles. The summed E-state index contributed by atoms with van der Waals surface area (Å²) in [6.07, 6.45) is 10.8. The highest BCUT2D eigenvalue weighted by Gasteiger charge is 2.17. The predicted octanol–water partition coefficient (Wildman–Crippen LogP) is 3.64. The second kappa shape index (κ2) is 9.03. The summed E-state index contributed by atoms with van der Waals surface area (Å²) in [5.74, 6) is 0.945. The largest absolute Gasteiger partial charge is 0.356 e. The Bertz CT molecular complexity index is 190. The number of nitrogens with one attached hydrogen (secondary N) is 1. The zero-order valence-corrected chi connectivity index (χ0v) is 11.7. The van der Waals surface area contributed by atoms with Gasteiger partial charge >= 0.3 is 0 Å². The van der Waals surface area contributed by atoms with Gasteiger partial charge in [-0.05, 0) is 31.6 Å². The Balaban J connectivity index is 1.89. The molecule has 3 heteroatoms. The lowest BCUT2D eigenvalue weighted by Gasteiger charge is -2.09. The van der Waals surface area contributed by atoms with E-state index < -0.39 is 0 Å². The van der Waals surface area contributed by atoms with Crippen molar-refractivity contribution in [3.63, 3.8) is 0 Å². The van der Waals surface area contributed by atoms with Crippen molar-refractivity contribution < 1.29 is 4.79 Å². The van der Waals surface area contributed by atoms with E-state index >= 15 is 0 Å². The highest BCUT2D eigenvalue weighted by atomic mass is 79.9. The minimum absolute atomic E-state index is 0.271. The van der Waals surface area contributed by atoms with Crippen LogP contribution in [0.15, 0.2) is 0 Å². The van der Waals surface area contributed by atoms with Crippen molar-refractivity contribution in [2.45, 2.75) is 57.8 Å². The van der Waals surface area contributed by atoms with Crippen LogP contribution in [0.1, 0.15) is 57.8 Å². The quantitative estimate of drug-likeness (QED) is 0.536. The van der Waals surface area contributed by atoms with Crippen molar-refractivity contribution in [3.8, 4) is 0 Å². The van der Waals surface area contributed by atoms with Crippen molar-refractivity contribution >= 4 is 21.8 Å². The molecule has 1 aliphatic carbocycles. The lowest BCUT2D eigenvalue weighted by atomic mass is 10.0. The Labute approximate surface area is 108 Å². The van der Waals surface area contributed by atoms with Gasteiger partial charge in [0.25, 0.3) is 0 Å². The molecule has 0 unspecified atom stereocenters. The first-order chi connectivity index (χ1) is 7.83. The molecule has 0 bridgehead atoms. The van der Waals surface area contributed by atoms with E-state index in [4.69, 9.17) is 0 Å². The predicted molar refractivity (Wildman–Crippen MR) is 71.8 cm³/mol. The molecule has 0 heterocycles. The monoisotopic (exact) mass is 289 g/mol. The second-order valence-corrected chi connectivity index (χ2v) is 5.60. The maximum atomic E-state index is 11.6. The zero-order valence-electron chi connectivity index (χ0n) is 10.1. The molecule has 2 nitrogen and oxygen atoms in total. The fourth-order valence-electron chi connectivity index (χ4n) is 2.35. The molecule has 1 N–H and O–H groups in total. The van der Waals surface area contributed by atoms with Gasteiger partial charge in [0.1, 0.15) is 0 Å². The molecule has 0 radical (unpaired) electrons. The van der Waals surface area contributed by atoms with Crippen LogP contribution in [0.5, 0.6) is 0 Å². The number of carbonyl (C=O) groups excluding carboxylic acids is 1. The summed E-state index contributed by atoms with van der Waals surface area (Å²) in [4.78, 5) is 11.6. The molecule has 1 saturated carbocycles. The molecule has 0 aromatic rings. The molecule has 16 heavy (non-hydrogen) atoms. The van der Waals surface area contributed by atoms with Gasteiger partial charge in [-0.15, -0.1) is 0 Å². The highest BCUT2D eigenvalue weighted by Crippen LogP contribution is 2.27. The Kier molecular flexibility index (Phi) is 7.91. The molecule has 1 aliphatic rings. The van der Waals surface area contributed by atoms with Crippen LogP contribution in [-0.4, -0.2) is 17.8 Å². The number of carbonyl (C=O) groups is 1. The van der Waals surface area contributed by atoms with Gasteiger partial charge in [-0.25, -0.2) is 0 Å². The molecular weight excluding hydrogens is 266 g/mol. The fraction of sp³-hybridized carbons (Fsp3) is 0.923. The standard InChI is InChI=1S/C13H24BrNO/c14-9-5-1-2-6-10-15-13(16)11-12-7-3-4-8-12/h12H,1-11H2,(H,15,16). The number of alkyl halides is 1. The second-order valence-electron chi connectivity index (χ2n) is 4.81. The van der Waals surface area contributed by atoms with E-state index in [1.807, 2.05) is 0 Å². The maximum absolute atomic E-state index is 11.6. The first-order valence-corrected chi connectivity index (χ1v) is 7.77. The SMILES string of the molecule is O=C(CC1CCCC1)NCCCCCCBr. The molecule has 0 saturated heterocycles. The number of halogens is 1. The van der Waals surface area contributed by atoms with Crippen molar-refractivity contribution in [2.24, 2.45) is 5.92 Å². The summed E-state index contributed by atoms with van der Waals surface area (Å²) in [5.41, 5.74) is 0. The summed E-state index contributed by atoms with van der Waals surface area (Å²) in [5, 5.41) is 4.13. The molecule has 0 aromatic heterocycles. The van der Waals surface area contributed by atoms with Crippen LogP contribution in [0.3, 0.4) is 0 Å². The molecular formula is C13H24BrNO. The fourth-order valence-corrected chi connectivity index (χ4v) is 2.75. The van der Waals surface area contributed by atoms with Crippen LogP contribution in [0.2, 0.25) is 0 Å². The lowest BCUT2D eigenvalue weighted by molar-refractivity contribution is -0.121. The Morgan fingerprint density at radius 1 is 1.12 bits per heavy atom. The van der Waals surface area contributed by atoms with Crippen LogP contribution in [0.4, 0.5) is 0 Å². The van der Waals surface area contributed by atoms with Crippen LogP contribution in [0.25, 0.3) is 0 Å². The number of rotatable bonds is 8. The molecule has 94 valence electrons. The maximum Gasteiger partial charge on any atom is 0.220 e. The van der Waals surface area contributed by atoms with Crippen LogP contribution in [0, 0.1) is 5.92 Å². The van der Waals surface area contributed by atoms with Crippen molar-refractivity contribution in [2.75, 3.05) is 11.9 Å². The summed E-state index contributed by atoms with van der Waals surface area (Å²) < 4.78 is 0. The third-order valence-electron chi connectivity index (χ3n) is 3.33. The highest BCUT2D eigenvalue weighted by molar-refractivity contribution is 9.09. The Morgan fingerprint density at radius 2 is 1.81 bits per heavy atom. The third kappa shape index (κ3) is 6.51. The minimum atomic E-state index is 0.271. The zero-order chi connectivity index (χ0) is 11.6. The first kappa shape index (κ1) is 14.0. The van der Waals surface area contributed by atoms with Crippen LogP contribution >= 0.6 is 15.9 Å². The number of hydrogen-bond acceptors (Lipinski definition) is 1. The molecule has 0 spiro atoms. The topological polar surface area (TPSA) is 29.1 Å². The Morgan fingerprint density at radius 3 is 2.50 bits per heavy atom. The third-order valence-corrected chi connectivity index (χ3v) is 3.89. The normalized spacial score (nSPS) is 16.6. The van der Waals surface area contributed by atoms with Gasteiger partial charge in [0.05, 0.1) is 0 Å². The van der Waals surface area contributed by atoms with Gasteiger partial charge < -0.3 is 5.32 Å². The van der Waals surface area contributed by atoms with E-state index in [-0.39, 0.29) is 5.91 Å². The number of amides is 1. The van der Waals surface area contributed by atoms with Crippen molar-refractivity contribution in [3.05, 3.63) is 0 Å². The lowest BCUT2D eigenvalue weighted by Crippen LogP contribution is -2.25. The van der Waals surface area contributed by atoms with Gasteiger partial charge in [0, 0.05) is 18.3 Å². The van der Waals surface area contributed by atoms with Crippen LogP contribution < -0.4 is 5.32 Å². The van der Waals surface area contributed by atoms with Crippen molar-refractivity contribution in [1.82, 2.24) is 5.32 Å². The van der Waals surface area contributed by atoms with Crippen LogP contribution in [-0.2, 0) is 4.79 Å². The summed E-state index contributed by atoms with van der Waals surface area (Å²) >= 11 is 3.42. The minimum Gasteiger partial charge on any atom is -0.356 e. The van der Waals surface area contributed by atoms with Gasteiger partial charge in [-0.2, -0.15) is 0 Å². The van der Waals surface area contributed by atoms with Gasteiger partial charge in [0.15, 0.2) is 0 Å². The van der Waals surface area contributed by atoms with E-state index in [1.54, 1.807) is 0 Å². The van der Waals surface area contributed by atoms with E-state index in [1.165, 1.54) is 44.9 Å². The first-order valence-electron chi connectivity index (χ1n) is 6.65. The average Bonchev–Trinajstić information content (AvgIpc) is 2.76. The van der Waals surface area contributed by atoms with Gasteiger partial charge in [-0.1, -0.05) is 41.6 Å². The molecule has 0 atom stereocenters. The number of unbranched alkanes of at least 4 members (excludes halogenated alkanes) is 3. The van der Waals surface area contributed by atoms with E-state index in [2.05, 4.69) is 21.2 Å². The average molecular weight is 290 g/mol. The molecule has 1 fully saturated rings. The molecule has 0 aromatic carbocycles. The summed E-state index contributed by atoms with van der Waals surface area (Å²) in [6, 6.07) is 0. The van der Waals surface area contributed by atoms with E-state index in [9.17, 15) is 4.79 Å². The van der Waals surface area contributed by atoms with Crippen molar-refractivity contribution in [1.29, 1.82) is 0 Å². The Hall–Kier alpha value is -0.0500. The van der Waals surface area contributed by atoms with E-state index in [0.717, 1.165) is 24.7 Å².